The van der Waals surface area contributed by atoms with Gasteiger partial charge in [-0.15, -0.1) is 12.4 Å². The Kier molecular flexibility index (Phi) is 18.6. The lowest BCUT2D eigenvalue weighted by atomic mass is 10.0. The Labute approximate surface area is 190 Å². The molecule has 0 aromatic carbocycles. The Bertz CT molecular complexity index is 453. The van der Waals surface area contributed by atoms with Crippen LogP contribution >= 0.6 is 12.4 Å². The largest absolute Gasteiger partial charge is 0.550 e. The van der Waals surface area contributed by atoms with Crippen LogP contribution in [-0.4, -0.2) is 55.0 Å². The quantitative estimate of drug-likeness (QED) is 0.139. The summed E-state index contributed by atoms with van der Waals surface area (Å²) in [6.45, 7) is 2.23. The van der Waals surface area contributed by atoms with Crippen molar-refractivity contribution in [2.24, 2.45) is 0 Å². The van der Waals surface area contributed by atoms with E-state index in [9.17, 15) is 19.8 Å². The average Bonchev–Trinajstić information content (AvgIpc) is 2.56. The number of carboxylic acids is 1. The zero-order valence-corrected chi connectivity index (χ0v) is 20.6. The van der Waals surface area contributed by atoms with Crippen LogP contribution in [0.3, 0.4) is 0 Å². The Morgan fingerprint density at radius 1 is 0.833 bits per heavy atom. The van der Waals surface area contributed by atoms with Gasteiger partial charge in [0.2, 0.25) is 0 Å². The lowest BCUT2D eigenvalue weighted by Gasteiger charge is -2.35. The Morgan fingerprint density at radius 3 is 1.60 bits per heavy atom. The van der Waals surface area contributed by atoms with Gasteiger partial charge in [-0.2, -0.15) is 0 Å². The molecule has 180 valence electrons. The zero-order valence-electron chi connectivity index (χ0n) is 19.7. The van der Waals surface area contributed by atoms with Gasteiger partial charge in [0.15, 0.2) is 0 Å². The molecule has 0 saturated heterocycles. The monoisotopic (exact) mass is 451 g/mol. The number of halogens is 1. The number of aliphatic carboxylic acids is 1. The fraction of sp³-hybridized carbons (Fsp3) is 0.913. The highest BCUT2D eigenvalue weighted by molar-refractivity contribution is 5.85. The van der Waals surface area contributed by atoms with Gasteiger partial charge in [-0.3, -0.25) is 4.79 Å². The second kappa shape index (κ2) is 17.8. The van der Waals surface area contributed by atoms with Gasteiger partial charge in [0.1, 0.15) is 6.54 Å². The minimum atomic E-state index is -2.02. The molecule has 0 bridgehead atoms. The van der Waals surface area contributed by atoms with Gasteiger partial charge < -0.3 is 24.2 Å². The Morgan fingerprint density at radius 2 is 1.23 bits per heavy atom. The molecule has 0 rings (SSSR count). The van der Waals surface area contributed by atoms with Crippen molar-refractivity contribution in [3.8, 4) is 0 Å². The normalized spacial score (nSPS) is 13.4. The summed E-state index contributed by atoms with van der Waals surface area (Å²) in [6.07, 6.45) is 15.4. The van der Waals surface area contributed by atoms with Crippen LogP contribution in [-0.2, 0) is 14.3 Å². The molecule has 0 aromatic rings. The summed E-state index contributed by atoms with van der Waals surface area (Å²) < 4.78 is 5.39. The number of hydrogen-bond donors (Lipinski definition) is 1. The summed E-state index contributed by atoms with van der Waals surface area (Å²) in [6, 6.07) is 0. The van der Waals surface area contributed by atoms with E-state index in [0.29, 0.717) is 6.42 Å². The standard InChI is InChI=1S/C23H45NO5.ClH/c1-5-6-7-8-9-10-11-12-13-14-15-16-17-18-22(27)29-23(28,19-21(25)26)20-24(2,3)4;/h28H,5-20H2,1-4H3;1H. The summed E-state index contributed by atoms with van der Waals surface area (Å²) in [4.78, 5) is 22.9. The van der Waals surface area contributed by atoms with Crippen molar-refractivity contribution in [1.82, 2.24) is 0 Å². The summed E-state index contributed by atoms with van der Waals surface area (Å²) in [5, 5.41) is 21.3. The van der Waals surface area contributed by atoms with E-state index in [-0.39, 0.29) is 29.9 Å². The molecule has 30 heavy (non-hydrogen) atoms. The van der Waals surface area contributed by atoms with Gasteiger partial charge in [0.25, 0.3) is 5.79 Å². The van der Waals surface area contributed by atoms with Gasteiger partial charge in [0, 0.05) is 12.4 Å². The highest BCUT2D eigenvalue weighted by Gasteiger charge is 2.37. The molecule has 0 radical (unpaired) electrons. The van der Waals surface area contributed by atoms with E-state index < -0.39 is 24.1 Å². The molecule has 0 aromatic heterocycles. The first-order chi connectivity index (χ1) is 13.6. The molecule has 1 atom stereocenters. The molecule has 0 aliphatic carbocycles. The second-order valence-corrected chi connectivity index (χ2v) is 9.41. The number of carbonyl (C=O) groups excluding carboxylic acids is 2. The maximum absolute atomic E-state index is 12.0. The van der Waals surface area contributed by atoms with Gasteiger partial charge in [-0.05, 0) is 6.42 Å². The predicted molar refractivity (Wildman–Crippen MR) is 121 cm³/mol. The van der Waals surface area contributed by atoms with E-state index in [0.717, 1.165) is 12.8 Å². The fourth-order valence-corrected chi connectivity index (χ4v) is 3.64. The molecule has 1 N–H and O–H groups in total. The van der Waals surface area contributed by atoms with Gasteiger partial charge in [0.05, 0.1) is 27.6 Å². The molecule has 1 unspecified atom stereocenters. The molecule has 0 saturated carbocycles. The van der Waals surface area contributed by atoms with Crippen molar-refractivity contribution in [2.45, 2.75) is 109 Å². The summed E-state index contributed by atoms with van der Waals surface area (Å²) in [5.41, 5.74) is 0. The highest BCUT2D eigenvalue weighted by Crippen LogP contribution is 2.18. The third-order valence-corrected chi connectivity index (χ3v) is 4.93. The maximum atomic E-state index is 12.0. The predicted octanol–water partition coefficient (Wildman–Crippen LogP) is 3.97. The van der Waals surface area contributed by atoms with Crippen LogP contribution in [0.15, 0.2) is 0 Å². The molecule has 0 aliphatic rings. The number of unbranched alkanes of at least 4 members (excludes halogenated alkanes) is 12. The molecule has 0 fully saturated rings. The van der Waals surface area contributed by atoms with Crippen molar-refractivity contribution in [3.63, 3.8) is 0 Å². The Balaban J connectivity index is 0. The van der Waals surface area contributed by atoms with E-state index in [1.807, 2.05) is 0 Å². The lowest BCUT2D eigenvalue weighted by molar-refractivity contribution is -0.880. The minimum Gasteiger partial charge on any atom is -0.550 e. The van der Waals surface area contributed by atoms with Crippen LogP contribution in [0.4, 0.5) is 0 Å². The number of likely N-dealkylation sites (N-methyl/N-ethyl adjacent to an activating group) is 1. The molecule has 0 spiro atoms. The molecule has 6 nitrogen and oxygen atoms in total. The second-order valence-electron chi connectivity index (χ2n) is 9.41. The number of ether oxygens (including phenoxy) is 1. The fourth-order valence-electron chi connectivity index (χ4n) is 3.64. The van der Waals surface area contributed by atoms with Crippen LogP contribution in [0.2, 0.25) is 0 Å². The third-order valence-electron chi connectivity index (χ3n) is 4.93. The van der Waals surface area contributed by atoms with Crippen molar-refractivity contribution in [1.29, 1.82) is 0 Å². The Hall–Kier alpha value is -0.850. The number of aliphatic hydroxyl groups is 1. The van der Waals surface area contributed by atoms with E-state index >= 15 is 0 Å². The lowest BCUT2D eigenvalue weighted by Crippen LogP contribution is -2.54. The number of rotatable bonds is 19. The smallest absolute Gasteiger partial charge is 0.308 e. The number of carboxylic acid groups (broad SMARTS) is 1. The van der Waals surface area contributed by atoms with Crippen molar-refractivity contribution in [2.75, 3.05) is 27.7 Å². The van der Waals surface area contributed by atoms with Crippen LogP contribution in [0.25, 0.3) is 0 Å². The molecular formula is C23H46ClNO5. The molecule has 0 heterocycles. The first-order valence-electron chi connectivity index (χ1n) is 11.5. The van der Waals surface area contributed by atoms with E-state index in [1.165, 1.54) is 64.2 Å². The first kappa shape index (κ1) is 31.3. The third kappa shape index (κ3) is 20.4. The summed E-state index contributed by atoms with van der Waals surface area (Å²) in [7, 11) is 5.38. The van der Waals surface area contributed by atoms with E-state index in [1.54, 1.807) is 21.1 Å². The average molecular weight is 452 g/mol. The number of quaternary nitrogens is 1. The maximum Gasteiger partial charge on any atom is 0.308 e. The van der Waals surface area contributed by atoms with Gasteiger partial charge in [-0.1, -0.05) is 84.0 Å². The number of carbonyl (C=O) groups is 2. The summed E-state index contributed by atoms with van der Waals surface area (Å²) >= 11 is 0. The van der Waals surface area contributed by atoms with E-state index in [2.05, 4.69) is 6.92 Å². The zero-order chi connectivity index (χ0) is 22.2. The minimum absolute atomic E-state index is 0. The topological polar surface area (TPSA) is 86.7 Å². The highest BCUT2D eigenvalue weighted by atomic mass is 35.5. The van der Waals surface area contributed by atoms with Crippen LogP contribution < -0.4 is 5.11 Å². The molecule has 7 heteroatoms. The van der Waals surface area contributed by atoms with Gasteiger partial charge in [-0.25, -0.2) is 0 Å². The van der Waals surface area contributed by atoms with Crippen LogP contribution in [0.1, 0.15) is 103 Å². The number of hydrogen-bond acceptors (Lipinski definition) is 5. The SMILES string of the molecule is CCCCCCCCCCCCCCCC(=O)OC(O)(CC(=O)[O-])C[N+](C)(C)C.Cl. The van der Waals surface area contributed by atoms with Crippen molar-refractivity contribution >= 4 is 24.3 Å². The first-order valence-corrected chi connectivity index (χ1v) is 11.5. The molecule has 0 amide bonds. The van der Waals surface area contributed by atoms with Crippen LogP contribution in [0.5, 0.6) is 0 Å². The van der Waals surface area contributed by atoms with Crippen molar-refractivity contribution in [3.05, 3.63) is 0 Å². The number of esters is 1. The summed E-state index contributed by atoms with van der Waals surface area (Å²) in [5.74, 6) is -4.01. The van der Waals surface area contributed by atoms with Crippen molar-refractivity contribution < 1.29 is 29.0 Å². The van der Waals surface area contributed by atoms with E-state index in [4.69, 9.17) is 4.74 Å². The van der Waals surface area contributed by atoms with Gasteiger partial charge >= 0.3 is 5.97 Å². The van der Waals surface area contributed by atoms with Crippen LogP contribution in [0, 0.1) is 0 Å². The number of nitrogens with zero attached hydrogens (tertiary/aromatic N) is 1. The molecular weight excluding hydrogens is 406 g/mol. The molecule has 0 aliphatic heterocycles.